The van der Waals surface area contributed by atoms with Gasteiger partial charge in [-0.2, -0.15) is 0 Å². The SMILES string of the molecule is O=C1[CH]N=NO1. The molecule has 0 aliphatic carbocycles. The number of carbonyl (C=O) groups excluding carboxylic acids is 1. The second-order valence-corrected chi connectivity index (χ2v) is 0.737. The Labute approximate surface area is 33.8 Å². The Balaban J connectivity index is 2.52. The molecule has 1 aliphatic heterocycles. The van der Waals surface area contributed by atoms with Crippen molar-refractivity contribution in [3.05, 3.63) is 6.54 Å². The molecule has 0 N–H and O–H groups in total. The summed E-state index contributed by atoms with van der Waals surface area (Å²) in [5.74, 6) is -0.505. The lowest BCUT2D eigenvalue weighted by Gasteiger charge is -1.70. The molecular formula is C2HN2O2. The van der Waals surface area contributed by atoms with Crippen molar-refractivity contribution in [3.63, 3.8) is 0 Å². The molecule has 0 saturated carbocycles. The summed E-state index contributed by atoms with van der Waals surface area (Å²) in [6.07, 6.45) is 0. The summed E-state index contributed by atoms with van der Waals surface area (Å²) in [5, 5.41) is 5.98. The van der Waals surface area contributed by atoms with E-state index >= 15 is 0 Å². The molecule has 0 amide bonds. The minimum Gasteiger partial charge on any atom is -0.297 e. The highest BCUT2D eigenvalue weighted by molar-refractivity contribution is 5.78. The Morgan fingerprint density at radius 2 is 2.67 bits per heavy atom. The molecule has 1 heterocycles. The van der Waals surface area contributed by atoms with Crippen molar-refractivity contribution in [2.24, 2.45) is 10.4 Å². The summed E-state index contributed by atoms with van der Waals surface area (Å²) in [6, 6.07) is 0. The summed E-state index contributed by atoms with van der Waals surface area (Å²) in [6.45, 7) is 1.000. The fourth-order valence-electron chi connectivity index (χ4n) is 0.158. The lowest BCUT2D eigenvalue weighted by Crippen LogP contribution is -1.88. The highest BCUT2D eigenvalue weighted by atomic mass is 16.7. The van der Waals surface area contributed by atoms with Gasteiger partial charge in [0.1, 0.15) is 0 Å². The van der Waals surface area contributed by atoms with E-state index in [9.17, 15) is 4.79 Å². The normalized spacial score (nSPS) is 18.3. The molecular weight excluding hydrogens is 84.0 g/mol. The third kappa shape index (κ3) is 0.357. The number of carbonyl (C=O) groups is 1. The van der Waals surface area contributed by atoms with Crippen molar-refractivity contribution in [3.8, 4) is 0 Å². The summed E-state index contributed by atoms with van der Waals surface area (Å²) < 4.78 is 0. The number of hydrogen-bond acceptors (Lipinski definition) is 4. The Morgan fingerprint density at radius 1 is 1.83 bits per heavy atom. The van der Waals surface area contributed by atoms with Crippen LogP contribution in [0.5, 0.6) is 0 Å². The van der Waals surface area contributed by atoms with Crippen LogP contribution in [0, 0.1) is 6.54 Å². The molecule has 0 unspecified atom stereocenters. The van der Waals surface area contributed by atoms with Gasteiger partial charge in [0.15, 0.2) is 0 Å². The molecule has 0 atom stereocenters. The maximum atomic E-state index is 9.78. The topological polar surface area (TPSA) is 51.0 Å². The Kier molecular flexibility index (Phi) is 0.567. The minimum atomic E-state index is -0.505. The maximum Gasteiger partial charge on any atom is 0.366 e. The number of nitrogens with zero attached hydrogens (tertiary/aromatic N) is 2. The van der Waals surface area contributed by atoms with Crippen LogP contribution in [0.2, 0.25) is 0 Å². The van der Waals surface area contributed by atoms with Gasteiger partial charge in [0.05, 0.1) is 0 Å². The summed E-state index contributed by atoms with van der Waals surface area (Å²) in [5.41, 5.74) is 0. The second-order valence-electron chi connectivity index (χ2n) is 0.737. The van der Waals surface area contributed by atoms with Crippen LogP contribution in [-0.4, -0.2) is 5.97 Å². The molecule has 0 aromatic heterocycles. The molecule has 4 heteroatoms. The van der Waals surface area contributed by atoms with Crippen LogP contribution in [0.4, 0.5) is 0 Å². The van der Waals surface area contributed by atoms with E-state index in [0.717, 1.165) is 6.54 Å². The van der Waals surface area contributed by atoms with Crippen LogP contribution in [0.3, 0.4) is 0 Å². The molecule has 0 saturated heterocycles. The maximum absolute atomic E-state index is 9.78. The molecule has 1 rings (SSSR count). The van der Waals surface area contributed by atoms with Crippen LogP contribution in [0.1, 0.15) is 0 Å². The van der Waals surface area contributed by atoms with Gasteiger partial charge in [-0.05, 0) is 0 Å². The van der Waals surface area contributed by atoms with Gasteiger partial charge in [0.2, 0.25) is 6.54 Å². The van der Waals surface area contributed by atoms with Crippen molar-refractivity contribution >= 4 is 5.97 Å². The predicted octanol–water partition coefficient (Wildman–Crippen LogP) is 0.0722. The lowest BCUT2D eigenvalue weighted by atomic mass is 10.7. The van der Waals surface area contributed by atoms with E-state index in [1.165, 1.54) is 0 Å². The first-order chi connectivity index (χ1) is 2.89. The van der Waals surface area contributed by atoms with E-state index < -0.39 is 5.97 Å². The van der Waals surface area contributed by atoms with Crippen LogP contribution in [0.25, 0.3) is 0 Å². The van der Waals surface area contributed by atoms with E-state index in [0.29, 0.717) is 0 Å². The average Bonchev–Trinajstić information content (AvgIpc) is 1.86. The highest BCUT2D eigenvalue weighted by Gasteiger charge is 2.06. The van der Waals surface area contributed by atoms with Gasteiger partial charge in [-0.3, -0.25) is 4.84 Å². The van der Waals surface area contributed by atoms with E-state index in [4.69, 9.17) is 0 Å². The van der Waals surface area contributed by atoms with Gasteiger partial charge >= 0.3 is 5.97 Å². The van der Waals surface area contributed by atoms with Gasteiger partial charge in [-0.1, -0.05) is 0 Å². The first-order valence-corrected chi connectivity index (χ1v) is 1.34. The second kappa shape index (κ2) is 1.04. The van der Waals surface area contributed by atoms with Gasteiger partial charge in [-0.15, -0.1) is 5.11 Å². The highest BCUT2D eigenvalue weighted by Crippen LogP contribution is 1.96. The first-order valence-electron chi connectivity index (χ1n) is 1.34. The monoisotopic (exact) mass is 85.0 g/mol. The molecule has 0 bridgehead atoms. The van der Waals surface area contributed by atoms with Crippen molar-refractivity contribution in [1.29, 1.82) is 0 Å². The fourth-order valence-corrected chi connectivity index (χ4v) is 0.158. The molecule has 6 heavy (non-hydrogen) atoms. The van der Waals surface area contributed by atoms with Crippen molar-refractivity contribution in [2.75, 3.05) is 0 Å². The predicted molar refractivity (Wildman–Crippen MR) is 15.2 cm³/mol. The molecule has 4 nitrogen and oxygen atoms in total. The van der Waals surface area contributed by atoms with Crippen LogP contribution < -0.4 is 0 Å². The summed E-state index contributed by atoms with van der Waals surface area (Å²) in [7, 11) is 0. The average molecular weight is 85.0 g/mol. The van der Waals surface area contributed by atoms with Crippen molar-refractivity contribution < 1.29 is 9.63 Å². The van der Waals surface area contributed by atoms with E-state index in [-0.39, 0.29) is 0 Å². The Bertz CT molecular complexity index is 87.7. The van der Waals surface area contributed by atoms with Crippen LogP contribution >= 0.6 is 0 Å². The molecule has 0 aromatic carbocycles. The lowest BCUT2D eigenvalue weighted by molar-refractivity contribution is -0.137. The zero-order valence-electron chi connectivity index (χ0n) is 2.79. The smallest absolute Gasteiger partial charge is 0.297 e. The zero-order valence-corrected chi connectivity index (χ0v) is 2.79. The standard InChI is InChI=1S/C2HN2O2/c5-2-1-3-4-6-2/h1H. The van der Waals surface area contributed by atoms with Crippen molar-refractivity contribution in [1.82, 2.24) is 0 Å². The molecule has 0 spiro atoms. The van der Waals surface area contributed by atoms with Gasteiger partial charge in [-0.25, -0.2) is 4.79 Å². The minimum absolute atomic E-state index is 0.505. The molecule has 1 radical (unpaired) electrons. The molecule has 0 aromatic rings. The molecule has 31 valence electrons. The quantitative estimate of drug-likeness (QED) is 0.418. The fraction of sp³-hybridized carbons (Fsp3) is 0. The van der Waals surface area contributed by atoms with E-state index in [1.54, 1.807) is 0 Å². The Morgan fingerprint density at radius 3 is 2.83 bits per heavy atom. The van der Waals surface area contributed by atoms with Crippen LogP contribution in [-0.2, 0) is 9.63 Å². The largest absolute Gasteiger partial charge is 0.366 e. The van der Waals surface area contributed by atoms with Gasteiger partial charge in [0, 0.05) is 5.28 Å². The Hall–Kier alpha value is -0.930. The number of rotatable bonds is 0. The third-order valence-electron chi connectivity index (χ3n) is 0.341. The first kappa shape index (κ1) is 3.27. The van der Waals surface area contributed by atoms with Crippen LogP contribution in [0.15, 0.2) is 10.4 Å². The molecule has 1 aliphatic rings. The summed E-state index contributed by atoms with van der Waals surface area (Å²) >= 11 is 0. The third-order valence-corrected chi connectivity index (χ3v) is 0.341. The summed E-state index contributed by atoms with van der Waals surface area (Å²) in [4.78, 5) is 13.7. The molecule has 0 fully saturated rings. The van der Waals surface area contributed by atoms with E-state index in [2.05, 4.69) is 15.2 Å². The van der Waals surface area contributed by atoms with E-state index in [1.807, 2.05) is 0 Å². The number of hydrogen-bond donors (Lipinski definition) is 0. The van der Waals surface area contributed by atoms with Gasteiger partial charge in [0.25, 0.3) is 0 Å². The van der Waals surface area contributed by atoms with Gasteiger partial charge < -0.3 is 0 Å². The zero-order chi connectivity index (χ0) is 4.41. The van der Waals surface area contributed by atoms with Crippen molar-refractivity contribution in [2.45, 2.75) is 0 Å².